The van der Waals surface area contributed by atoms with Gasteiger partial charge in [0.15, 0.2) is 0 Å². The van der Waals surface area contributed by atoms with Gasteiger partial charge in [0.2, 0.25) is 5.91 Å². The van der Waals surface area contributed by atoms with E-state index in [4.69, 9.17) is 15.3 Å². The lowest BCUT2D eigenvalue weighted by Gasteiger charge is -2.06. The van der Waals surface area contributed by atoms with Crippen molar-refractivity contribution in [3.05, 3.63) is 0 Å². The molecule has 5 nitrogen and oxygen atoms in total. The smallest absolute Gasteiger partial charge is 0.222 e. The van der Waals surface area contributed by atoms with Crippen LogP contribution in [0, 0.1) is 5.92 Å². The molecule has 0 saturated carbocycles. The molecule has 5 heteroatoms. The number of amides is 1. The van der Waals surface area contributed by atoms with Crippen LogP contribution in [-0.2, 0) is 4.79 Å². The standard InChI is InChI=1S/C5H9NO.C5H12O3/c1-6-4-2-3-5(6)7;6-2-1-5(3-7)4-8/h2-4H2,1H3;5-8H,1-4H2. The van der Waals surface area contributed by atoms with Gasteiger partial charge in [0.1, 0.15) is 0 Å². The molecule has 1 aliphatic rings. The summed E-state index contributed by atoms with van der Waals surface area (Å²) in [6.45, 7) is 0.902. The second-order valence-corrected chi connectivity index (χ2v) is 3.66. The molecule has 0 aliphatic carbocycles. The minimum atomic E-state index is -0.139. The van der Waals surface area contributed by atoms with Crippen LogP contribution in [0.1, 0.15) is 19.3 Å². The molecule has 1 rings (SSSR count). The molecule has 3 N–H and O–H groups in total. The summed E-state index contributed by atoms with van der Waals surface area (Å²) < 4.78 is 0. The molecule has 0 unspecified atom stereocenters. The van der Waals surface area contributed by atoms with E-state index in [9.17, 15) is 4.79 Å². The first-order valence-electron chi connectivity index (χ1n) is 5.22. The highest BCUT2D eigenvalue weighted by Crippen LogP contribution is 2.04. The second-order valence-electron chi connectivity index (χ2n) is 3.66. The number of rotatable bonds is 4. The van der Waals surface area contributed by atoms with Crippen LogP contribution in [0.3, 0.4) is 0 Å². The van der Waals surface area contributed by atoms with Gasteiger partial charge in [-0.3, -0.25) is 4.79 Å². The average molecular weight is 219 g/mol. The van der Waals surface area contributed by atoms with Gasteiger partial charge in [0, 0.05) is 45.8 Å². The van der Waals surface area contributed by atoms with Crippen molar-refractivity contribution in [2.24, 2.45) is 5.92 Å². The first-order valence-corrected chi connectivity index (χ1v) is 5.22. The maximum absolute atomic E-state index is 10.5. The van der Waals surface area contributed by atoms with Crippen LogP contribution in [0.5, 0.6) is 0 Å². The molecule has 0 aromatic heterocycles. The number of nitrogens with zero attached hydrogens (tertiary/aromatic N) is 1. The van der Waals surface area contributed by atoms with Crippen molar-refractivity contribution < 1.29 is 20.1 Å². The maximum atomic E-state index is 10.5. The molecular formula is C10H21NO4. The highest BCUT2D eigenvalue weighted by atomic mass is 16.3. The van der Waals surface area contributed by atoms with E-state index in [0.717, 1.165) is 19.4 Å². The van der Waals surface area contributed by atoms with Gasteiger partial charge in [0.25, 0.3) is 0 Å². The second kappa shape index (κ2) is 8.64. The maximum Gasteiger partial charge on any atom is 0.222 e. The molecule has 1 amide bonds. The summed E-state index contributed by atoms with van der Waals surface area (Å²) in [4.78, 5) is 12.3. The Bertz CT molecular complexity index is 171. The summed E-state index contributed by atoms with van der Waals surface area (Å²) in [7, 11) is 1.84. The van der Waals surface area contributed by atoms with Crippen LogP contribution in [-0.4, -0.2) is 59.5 Å². The predicted octanol–water partition coefficient (Wildman–Crippen LogP) is -0.792. The Labute approximate surface area is 90.3 Å². The Morgan fingerprint density at radius 1 is 1.33 bits per heavy atom. The van der Waals surface area contributed by atoms with Gasteiger partial charge in [0.05, 0.1) is 0 Å². The lowest BCUT2D eigenvalue weighted by atomic mass is 10.1. The number of carbonyl (C=O) groups is 1. The van der Waals surface area contributed by atoms with Crippen molar-refractivity contribution in [2.45, 2.75) is 19.3 Å². The van der Waals surface area contributed by atoms with E-state index < -0.39 is 0 Å². The fourth-order valence-corrected chi connectivity index (χ4v) is 1.21. The Kier molecular flexibility index (Phi) is 8.27. The van der Waals surface area contributed by atoms with Crippen LogP contribution in [0.15, 0.2) is 0 Å². The molecule has 1 fully saturated rings. The summed E-state index contributed by atoms with van der Waals surface area (Å²) >= 11 is 0. The summed E-state index contributed by atoms with van der Waals surface area (Å²) in [5, 5.41) is 25.0. The highest BCUT2D eigenvalue weighted by molar-refractivity contribution is 5.77. The fraction of sp³-hybridized carbons (Fsp3) is 0.900. The molecule has 0 atom stereocenters. The minimum absolute atomic E-state index is 0.0335. The first kappa shape index (κ1) is 14.3. The van der Waals surface area contributed by atoms with Crippen molar-refractivity contribution in [3.8, 4) is 0 Å². The molecule has 1 aliphatic heterocycles. The molecule has 15 heavy (non-hydrogen) atoms. The Morgan fingerprint density at radius 3 is 2.07 bits per heavy atom. The van der Waals surface area contributed by atoms with Gasteiger partial charge in [-0.15, -0.1) is 0 Å². The van der Waals surface area contributed by atoms with Gasteiger partial charge in [-0.05, 0) is 12.8 Å². The SMILES string of the molecule is CN1CCCC1=O.OCCC(CO)CO. The molecule has 1 heterocycles. The van der Waals surface area contributed by atoms with Crippen LogP contribution >= 0.6 is 0 Å². The molecule has 0 aromatic rings. The molecule has 0 aromatic carbocycles. The fourth-order valence-electron chi connectivity index (χ4n) is 1.21. The zero-order valence-electron chi connectivity index (χ0n) is 9.22. The van der Waals surface area contributed by atoms with Gasteiger partial charge in [-0.1, -0.05) is 0 Å². The normalized spacial score (nSPS) is 15.5. The lowest BCUT2D eigenvalue weighted by Crippen LogP contribution is -2.17. The third kappa shape index (κ3) is 6.43. The van der Waals surface area contributed by atoms with Gasteiger partial charge < -0.3 is 20.2 Å². The summed E-state index contributed by atoms with van der Waals surface area (Å²) in [6.07, 6.45) is 2.29. The monoisotopic (exact) mass is 219 g/mol. The van der Waals surface area contributed by atoms with E-state index in [0.29, 0.717) is 12.3 Å². The van der Waals surface area contributed by atoms with Crippen LogP contribution in [0.4, 0.5) is 0 Å². The van der Waals surface area contributed by atoms with Crippen molar-refractivity contribution in [2.75, 3.05) is 33.4 Å². The van der Waals surface area contributed by atoms with E-state index in [2.05, 4.69) is 0 Å². The van der Waals surface area contributed by atoms with E-state index in [1.165, 1.54) is 0 Å². The van der Waals surface area contributed by atoms with Crippen LogP contribution in [0.25, 0.3) is 0 Å². The molecule has 0 radical (unpaired) electrons. The number of carbonyl (C=O) groups excluding carboxylic acids is 1. The molecule has 90 valence electrons. The summed E-state index contributed by atoms with van der Waals surface area (Å²) in [6, 6.07) is 0. The zero-order valence-corrected chi connectivity index (χ0v) is 9.22. The van der Waals surface area contributed by atoms with Crippen molar-refractivity contribution in [1.29, 1.82) is 0 Å². The Hall–Kier alpha value is -0.650. The van der Waals surface area contributed by atoms with Crippen molar-refractivity contribution in [3.63, 3.8) is 0 Å². The van der Waals surface area contributed by atoms with E-state index in [1.807, 2.05) is 7.05 Å². The quantitative estimate of drug-likeness (QED) is 0.578. The van der Waals surface area contributed by atoms with Crippen LogP contribution < -0.4 is 0 Å². The van der Waals surface area contributed by atoms with Gasteiger partial charge in [-0.25, -0.2) is 0 Å². The van der Waals surface area contributed by atoms with Crippen molar-refractivity contribution >= 4 is 5.91 Å². The molecule has 0 spiro atoms. The largest absolute Gasteiger partial charge is 0.396 e. The highest BCUT2D eigenvalue weighted by Gasteiger charge is 2.14. The van der Waals surface area contributed by atoms with Crippen LogP contribution in [0.2, 0.25) is 0 Å². The first-order chi connectivity index (χ1) is 7.15. The number of hydrogen-bond acceptors (Lipinski definition) is 4. The Morgan fingerprint density at radius 2 is 1.93 bits per heavy atom. The molecule has 1 saturated heterocycles. The number of hydrogen-bond donors (Lipinski definition) is 3. The van der Waals surface area contributed by atoms with Gasteiger partial charge in [-0.2, -0.15) is 0 Å². The number of aliphatic hydroxyl groups excluding tert-OH is 3. The lowest BCUT2D eigenvalue weighted by molar-refractivity contribution is -0.126. The third-order valence-electron chi connectivity index (χ3n) is 2.36. The number of likely N-dealkylation sites (tertiary alicyclic amines) is 1. The predicted molar refractivity (Wildman–Crippen MR) is 56.2 cm³/mol. The van der Waals surface area contributed by atoms with E-state index in [-0.39, 0.29) is 25.7 Å². The van der Waals surface area contributed by atoms with Gasteiger partial charge >= 0.3 is 0 Å². The topological polar surface area (TPSA) is 81.0 Å². The Balaban J connectivity index is 0.000000262. The molecule has 0 bridgehead atoms. The van der Waals surface area contributed by atoms with E-state index in [1.54, 1.807) is 4.90 Å². The number of aliphatic hydroxyl groups is 3. The minimum Gasteiger partial charge on any atom is -0.396 e. The average Bonchev–Trinajstić information content (AvgIpc) is 2.61. The third-order valence-corrected chi connectivity index (χ3v) is 2.36. The molecular weight excluding hydrogens is 198 g/mol. The zero-order chi connectivity index (χ0) is 11.7. The van der Waals surface area contributed by atoms with Crippen molar-refractivity contribution in [1.82, 2.24) is 4.90 Å². The van der Waals surface area contributed by atoms with E-state index >= 15 is 0 Å². The summed E-state index contributed by atoms with van der Waals surface area (Å²) in [5.41, 5.74) is 0. The summed E-state index contributed by atoms with van der Waals surface area (Å²) in [5.74, 6) is 0.153.